The summed E-state index contributed by atoms with van der Waals surface area (Å²) in [5, 5.41) is 49.6. The van der Waals surface area contributed by atoms with Crippen LogP contribution in [0.3, 0.4) is 0 Å². The number of hydrogen-bond donors (Lipinski definition) is 1. The number of hydrazone groups is 2. The smallest absolute Gasteiger partial charge is 0.277 e. The van der Waals surface area contributed by atoms with Crippen LogP contribution in [0.4, 0.5) is 0 Å². The zero-order valence-corrected chi connectivity index (χ0v) is 43.8. The van der Waals surface area contributed by atoms with Crippen LogP contribution in [0.25, 0.3) is 0 Å². The Morgan fingerprint density at radius 3 is 1.65 bits per heavy atom. The summed E-state index contributed by atoms with van der Waals surface area (Å²) in [6.07, 6.45) is 9.35. The Hall–Kier alpha value is -7.00. The van der Waals surface area contributed by atoms with Crippen molar-refractivity contribution >= 4 is 75.6 Å². The van der Waals surface area contributed by atoms with Gasteiger partial charge in [-0.25, -0.2) is 40.2 Å². The van der Waals surface area contributed by atoms with Crippen LogP contribution in [0.5, 0.6) is 0 Å². The van der Waals surface area contributed by atoms with Crippen molar-refractivity contribution in [3.05, 3.63) is 145 Å². The van der Waals surface area contributed by atoms with Gasteiger partial charge in [0, 0.05) is 98.1 Å². The predicted molar refractivity (Wildman–Crippen MR) is 270 cm³/mol. The number of nitro groups is 3. The molecule has 1 N–H and O–H groups in total. The minimum absolute atomic E-state index is 0.236. The van der Waals surface area contributed by atoms with E-state index in [1.807, 2.05) is 50.0 Å². The van der Waals surface area contributed by atoms with Crippen molar-refractivity contribution in [2.24, 2.45) is 15.2 Å². The number of aliphatic imine (C=N–C) groups is 1. The fraction of sp³-hybridized carbons (Fsp3) is 0.400. The summed E-state index contributed by atoms with van der Waals surface area (Å²) in [7, 11) is 10.5. The highest BCUT2D eigenvalue weighted by molar-refractivity contribution is 7.15. The Morgan fingerprint density at radius 2 is 1.26 bits per heavy atom. The molecule has 4 aromatic rings. The zero-order valence-electron chi connectivity index (χ0n) is 40.0. The van der Waals surface area contributed by atoms with E-state index in [1.54, 1.807) is 101 Å². The Balaban J connectivity index is 0.000000254. The molecule has 0 aromatic carbocycles. The van der Waals surface area contributed by atoms with Crippen molar-refractivity contribution in [2.45, 2.75) is 33.1 Å². The van der Waals surface area contributed by atoms with Gasteiger partial charge in [0.15, 0.2) is 20.4 Å². The Morgan fingerprint density at radius 1 is 0.778 bits per heavy atom. The van der Waals surface area contributed by atoms with Crippen LogP contribution in [-0.2, 0) is 35.7 Å². The lowest BCUT2D eigenvalue weighted by atomic mass is 10.2. The van der Waals surface area contributed by atoms with Crippen molar-refractivity contribution < 1.29 is 24.5 Å². The lowest BCUT2D eigenvalue weighted by molar-refractivity contribution is -0.486. The monoisotopic (exact) mass is 1100 g/mol. The Bertz CT molecular complexity index is 2540. The Labute approximate surface area is 438 Å². The van der Waals surface area contributed by atoms with Gasteiger partial charge in [0.1, 0.15) is 52.6 Å². The summed E-state index contributed by atoms with van der Waals surface area (Å²) in [6.45, 7) is 5.55. The lowest BCUT2D eigenvalue weighted by Gasteiger charge is -2.34. The molecule has 0 amide bonds. The molecule has 4 aromatic heterocycles. The maximum atomic E-state index is 10.5. The fourth-order valence-electron chi connectivity index (χ4n) is 6.12. The topological polar surface area (TPSA) is 295 Å². The van der Waals surface area contributed by atoms with Crippen molar-refractivity contribution in [3.8, 4) is 6.19 Å². The number of pyridine rings is 3. The number of rotatable bonds is 14. The molecular weight excluding hydrogens is 1050 g/mol. The molecule has 0 saturated carbocycles. The van der Waals surface area contributed by atoms with Crippen LogP contribution in [0, 0.1) is 41.8 Å². The van der Waals surface area contributed by atoms with Gasteiger partial charge in [-0.05, 0) is 41.8 Å². The minimum Gasteiger partial charge on any atom is -0.370 e. The van der Waals surface area contributed by atoms with Gasteiger partial charge < -0.3 is 49.1 Å². The highest BCUT2D eigenvalue weighted by Gasteiger charge is 2.27. The third-order valence-corrected chi connectivity index (χ3v) is 10.9. The van der Waals surface area contributed by atoms with Gasteiger partial charge in [-0.2, -0.15) is 5.26 Å². The number of aromatic nitrogens is 4. The second-order valence-electron chi connectivity index (χ2n) is 14.9. The van der Waals surface area contributed by atoms with Crippen LogP contribution < -0.4 is 5.32 Å². The molecule has 72 heavy (non-hydrogen) atoms. The molecule has 388 valence electrons. The SMILES string of the molecule is CCN(Cc1ccc(Cl)nc1)/C(=C/[N+](=O)[O-])NC.CN(C)C(=NC#N)N(C)Cc1ccc(Cl)nc1.CN1COCN(Cc2ccc(Cl)nc2)/C1=N/[N+](=O)[O-].CN1COCN(Cc2cnc(Cl)s2)/C1=N/[N+](=O)[O-]. The summed E-state index contributed by atoms with van der Waals surface area (Å²) in [6, 6.07) is 10.6. The molecule has 0 aliphatic carbocycles. The van der Waals surface area contributed by atoms with Gasteiger partial charge >= 0.3 is 0 Å². The number of hydrogen-bond acceptors (Lipinski definition) is 17. The first kappa shape index (κ1) is 59.3. The van der Waals surface area contributed by atoms with Crippen molar-refractivity contribution in [1.82, 2.24) is 59.6 Å². The van der Waals surface area contributed by atoms with Gasteiger partial charge in [-0.1, -0.05) is 64.6 Å². The maximum absolute atomic E-state index is 10.5. The number of halogens is 4. The first-order chi connectivity index (χ1) is 34.2. The highest BCUT2D eigenvalue weighted by Crippen LogP contribution is 2.21. The number of nitrogens with zero attached hydrogens (tertiary/aromatic N) is 18. The molecule has 0 atom stereocenters. The highest BCUT2D eigenvalue weighted by atomic mass is 35.5. The quantitative estimate of drug-likeness (QED) is 0.0413. The number of ether oxygens (including phenoxy) is 2. The molecule has 27 nitrogen and oxygen atoms in total. The summed E-state index contributed by atoms with van der Waals surface area (Å²) >= 11 is 24.2. The summed E-state index contributed by atoms with van der Waals surface area (Å²) < 4.78 is 11.0. The van der Waals surface area contributed by atoms with Crippen LogP contribution in [0.15, 0.2) is 88.4 Å². The Kier molecular flexibility index (Phi) is 25.3. The van der Waals surface area contributed by atoms with E-state index in [0.717, 1.165) is 27.8 Å². The second-order valence-corrected chi connectivity index (χ2v) is 17.7. The van der Waals surface area contributed by atoms with E-state index in [2.05, 4.69) is 40.4 Å². The molecule has 6 rings (SSSR count). The molecule has 6 heterocycles. The van der Waals surface area contributed by atoms with Gasteiger partial charge in [-0.15, -0.1) is 16.3 Å². The van der Waals surface area contributed by atoms with Crippen LogP contribution >= 0.6 is 57.7 Å². The molecule has 0 spiro atoms. The number of nitriles is 1. The minimum atomic E-state index is -0.718. The van der Waals surface area contributed by atoms with E-state index < -0.39 is 15.0 Å². The van der Waals surface area contributed by atoms with Crippen LogP contribution in [0.1, 0.15) is 28.5 Å². The lowest BCUT2D eigenvalue weighted by Crippen LogP contribution is -2.49. The summed E-state index contributed by atoms with van der Waals surface area (Å²) in [4.78, 5) is 63.5. The van der Waals surface area contributed by atoms with Gasteiger partial charge in [-0.3, -0.25) is 10.1 Å². The third kappa shape index (κ3) is 21.2. The predicted octanol–water partition coefficient (Wildman–Crippen LogP) is 5.40. The van der Waals surface area contributed by atoms with Gasteiger partial charge in [0.25, 0.3) is 18.1 Å². The van der Waals surface area contributed by atoms with E-state index in [9.17, 15) is 30.3 Å². The third-order valence-electron chi connectivity index (χ3n) is 9.16. The fourth-order valence-corrected chi connectivity index (χ4v) is 7.45. The number of thiazole rings is 1. The van der Waals surface area contributed by atoms with E-state index in [1.165, 1.54) is 11.3 Å². The van der Waals surface area contributed by atoms with Crippen LogP contribution in [-0.4, -0.2) is 163 Å². The second kappa shape index (κ2) is 30.7. The van der Waals surface area contributed by atoms with Gasteiger partial charge in [0.05, 0.1) is 11.5 Å². The van der Waals surface area contributed by atoms with Crippen molar-refractivity contribution in [2.75, 3.05) is 75.8 Å². The standard InChI is InChI=1S/C11H14ClN5.C11H15ClN4O2.C10H12ClN5O3.C8H10ClN5O3S/c1-16(2)11(15-8-13)17(3)7-9-4-5-10(12)14-6-9;1-3-15(11(13-2)8-16(17)18)7-9-4-5-10(12)14-6-9;1-14-6-19-7-15(10(14)13-16(17)18)5-8-2-3-9(11)12-4-8;1-12-4-17-5-13(8(12)11-14(15)16)3-6-2-10-7(9)18-6/h4-6H,7H2,1-3H3;4-6,8,13H,3,7H2,1-2H3;2-4H,5-7H2,1H3;2H,3-5H2,1H3/b;11-8+;13-10+;11-8+. The average molecular weight is 1100 g/mol. The maximum Gasteiger partial charge on any atom is 0.277 e. The molecule has 32 heteroatoms. The molecule has 0 radical (unpaired) electrons. The molecule has 2 fully saturated rings. The molecule has 2 aliphatic rings. The van der Waals surface area contributed by atoms with E-state index >= 15 is 0 Å². The van der Waals surface area contributed by atoms with E-state index in [4.69, 9.17) is 61.1 Å². The van der Waals surface area contributed by atoms with E-state index in [0.29, 0.717) is 64.4 Å². The largest absolute Gasteiger partial charge is 0.370 e. The molecule has 2 aliphatic heterocycles. The van der Waals surface area contributed by atoms with Gasteiger partial charge in [0.2, 0.25) is 12.2 Å². The molecule has 0 bridgehead atoms. The van der Waals surface area contributed by atoms with E-state index in [-0.39, 0.29) is 38.8 Å². The van der Waals surface area contributed by atoms with Crippen molar-refractivity contribution in [1.29, 1.82) is 5.26 Å². The summed E-state index contributed by atoms with van der Waals surface area (Å²) in [5.74, 6) is 1.57. The normalized spacial score (nSPS) is 14.7. The first-order valence-corrected chi connectivity index (χ1v) is 23.1. The summed E-state index contributed by atoms with van der Waals surface area (Å²) in [5.41, 5.74) is 2.80. The first-order valence-electron chi connectivity index (χ1n) is 20.8. The molecule has 0 unspecified atom stereocenters. The van der Waals surface area contributed by atoms with Crippen molar-refractivity contribution in [3.63, 3.8) is 0 Å². The molecule has 2 saturated heterocycles. The number of guanidine groups is 3. The molecular formula is C40H51Cl4N19O8S. The average Bonchev–Trinajstić information content (AvgIpc) is 3.75. The van der Waals surface area contributed by atoms with Crippen LogP contribution in [0.2, 0.25) is 19.9 Å². The zero-order chi connectivity index (χ0) is 53.3. The number of nitrogens with one attached hydrogen (secondary N) is 1.